The van der Waals surface area contributed by atoms with Crippen LogP contribution in [0.5, 0.6) is 0 Å². The number of allylic oxidation sites excluding steroid dienone is 1. The molecule has 1 heterocycles. The van der Waals surface area contributed by atoms with E-state index in [2.05, 4.69) is 54.3 Å². The number of para-hydroxylation sites is 1. The molecular formula is C15H21N. The standard InChI is InChI=1S/C15H21N/c1-2-9-14-10-7-4-8-13-16(14)15-11-5-3-6-12-15/h2-3,5-6,9,11-12,14H,4,7-8,10,13H2,1H3/t14-/m1/s1. The van der Waals surface area contributed by atoms with Crippen molar-refractivity contribution in [2.24, 2.45) is 0 Å². The van der Waals surface area contributed by atoms with Crippen molar-refractivity contribution >= 4 is 5.69 Å². The fourth-order valence-corrected chi connectivity index (χ4v) is 2.50. The Morgan fingerprint density at radius 1 is 1.12 bits per heavy atom. The third-order valence-corrected chi connectivity index (χ3v) is 3.30. The zero-order valence-electron chi connectivity index (χ0n) is 10.1. The average molecular weight is 215 g/mol. The molecule has 1 saturated heterocycles. The summed E-state index contributed by atoms with van der Waals surface area (Å²) >= 11 is 0. The van der Waals surface area contributed by atoms with E-state index < -0.39 is 0 Å². The van der Waals surface area contributed by atoms with Crippen molar-refractivity contribution in [3.8, 4) is 0 Å². The molecule has 86 valence electrons. The molecule has 1 aliphatic heterocycles. The summed E-state index contributed by atoms with van der Waals surface area (Å²) in [5.41, 5.74) is 1.37. The largest absolute Gasteiger partial charge is 0.365 e. The Morgan fingerprint density at radius 2 is 1.94 bits per heavy atom. The average Bonchev–Trinajstić information content (AvgIpc) is 2.56. The molecule has 2 rings (SSSR count). The number of hydrogen-bond acceptors (Lipinski definition) is 1. The van der Waals surface area contributed by atoms with E-state index in [0.717, 1.165) is 0 Å². The summed E-state index contributed by atoms with van der Waals surface area (Å²) in [7, 11) is 0. The highest BCUT2D eigenvalue weighted by molar-refractivity contribution is 5.48. The van der Waals surface area contributed by atoms with Crippen LogP contribution in [0.15, 0.2) is 42.5 Å². The van der Waals surface area contributed by atoms with Crippen molar-refractivity contribution in [2.75, 3.05) is 11.4 Å². The van der Waals surface area contributed by atoms with Crippen molar-refractivity contribution < 1.29 is 0 Å². The molecule has 0 spiro atoms. The summed E-state index contributed by atoms with van der Waals surface area (Å²) < 4.78 is 0. The van der Waals surface area contributed by atoms with Gasteiger partial charge in [0.1, 0.15) is 0 Å². The van der Waals surface area contributed by atoms with Gasteiger partial charge in [0, 0.05) is 18.3 Å². The van der Waals surface area contributed by atoms with Crippen LogP contribution in [0.2, 0.25) is 0 Å². The first-order chi connectivity index (χ1) is 7.92. The quantitative estimate of drug-likeness (QED) is 0.674. The number of rotatable bonds is 2. The van der Waals surface area contributed by atoms with Crippen molar-refractivity contribution in [2.45, 2.75) is 38.6 Å². The highest BCUT2D eigenvalue weighted by Crippen LogP contribution is 2.24. The van der Waals surface area contributed by atoms with E-state index in [0.29, 0.717) is 6.04 Å². The molecule has 0 bridgehead atoms. The summed E-state index contributed by atoms with van der Waals surface area (Å²) in [5.74, 6) is 0. The molecule has 0 saturated carbocycles. The van der Waals surface area contributed by atoms with Crippen LogP contribution in [0, 0.1) is 0 Å². The van der Waals surface area contributed by atoms with Crippen LogP contribution < -0.4 is 4.90 Å². The Kier molecular flexibility index (Phi) is 4.03. The Morgan fingerprint density at radius 3 is 2.69 bits per heavy atom. The molecule has 0 aromatic heterocycles. The first-order valence-corrected chi connectivity index (χ1v) is 6.36. The fourth-order valence-electron chi connectivity index (χ4n) is 2.50. The van der Waals surface area contributed by atoms with Gasteiger partial charge in [-0.15, -0.1) is 0 Å². The highest BCUT2D eigenvalue weighted by atomic mass is 15.2. The van der Waals surface area contributed by atoms with Gasteiger partial charge in [0.2, 0.25) is 0 Å². The van der Waals surface area contributed by atoms with Gasteiger partial charge >= 0.3 is 0 Å². The molecular weight excluding hydrogens is 194 g/mol. The van der Waals surface area contributed by atoms with E-state index in [4.69, 9.17) is 0 Å². The van der Waals surface area contributed by atoms with Crippen molar-refractivity contribution in [1.82, 2.24) is 0 Å². The zero-order chi connectivity index (χ0) is 11.2. The van der Waals surface area contributed by atoms with E-state index >= 15 is 0 Å². The third kappa shape index (κ3) is 2.66. The van der Waals surface area contributed by atoms with Gasteiger partial charge in [-0.1, -0.05) is 43.2 Å². The maximum Gasteiger partial charge on any atom is 0.0472 e. The summed E-state index contributed by atoms with van der Waals surface area (Å²) in [6.45, 7) is 3.31. The predicted molar refractivity (Wildman–Crippen MR) is 70.9 cm³/mol. The van der Waals surface area contributed by atoms with Crippen molar-refractivity contribution in [3.05, 3.63) is 42.5 Å². The van der Waals surface area contributed by atoms with E-state index in [1.54, 1.807) is 0 Å². The monoisotopic (exact) mass is 215 g/mol. The molecule has 1 aromatic carbocycles. The van der Waals surface area contributed by atoms with Gasteiger partial charge in [-0.05, 0) is 31.9 Å². The molecule has 1 fully saturated rings. The van der Waals surface area contributed by atoms with Crippen LogP contribution in [-0.2, 0) is 0 Å². The van der Waals surface area contributed by atoms with Crippen LogP contribution >= 0.6 is 0 Å². The van der Waals surface area contributed by atoms with E-state index in [9.17, 15) is 0 Å². The Balaban J connectivity index is 2.20. The van der Waals surface area contributed by atoms with Crippen LogP contribution in [0.3, 0.4) is 0 Å². The molecule has 1 aliphatic rings. The topological polar surface area (TPSA) is 3.24 Å². The normalized spacial score (nSPS) is 22.3. The van der Waals surface area contributed by atoms with Gasteiger partial charge in [0.25, 0.3) is 0 Å². The van der Waals surface area contributed by atoms with Gasteiger partial charge in [-0.25, -0.2) is 0 Å². The lowest BCUT2D eigenvalue weighted by atomic mass is 10.1. The van der Waals surface area contributed by atoms with Crippen LogP contribution in [-0.4, -0.2) is 12.6 Å². The summed E-state index contributed by atoms with van der Waals surface area (Å²) in [4.78, 5) is 2.55. The molecule has 0 N–H and O–H groups in total. The van der Waals surface area contributed by atoms with Gasteiger partial charge in [-0.2, -0.15) is 0 Å². The maximum absolute atomic E-state index is 2.55. The summed E-state index contributed by atoms with van der Waals surface area (Å²) in [5, 5.41) is 0. The SMILES string of the molecule is CC=C[C@@H]1CCCCCN1c1ccccc1. The minimum Gasteiger partial charge on any atom is -0.365 e. The second-order valence-corrected chi connectivity index (χ2v) is 4.47. The number of hydrogen-bond donors (Lipinski definition) is 0. The molecule has 0 amide bonds. The van der Waals surface area contributed by atoms with E-state index in [-0.39, 0.29) is 0 Å². The number of anilines is 1. The molecule has 1 atom stereocenters. The first-order valence-electron chi connectivity index (χ1n) is 6.36. The highest BCUT2D eigenvalue weighted by Gasteiger charge is 2.18. The lowest BCUT2D eigenvalue weighted by molar-refractivity contribution is 0.663. The molecule has 1 nitrogen and oxygen atoms in total. The molecule has 1 aromatic rings. The predicted octanol–water partition coefficient (Wildman–Crippen LogP) is 4.01. The van der Waals surface area contributed by atoms with Crippen molar-refractivity contribution in [3.63, 3.8) is 0 Å². The minimum atomic E-state index is 0.592. The second kappa shape index (κ2) is 5.74. The van der Waals surface area contributed by atoms with Crippen LogP contribution in [0.4, 0.5) is 5.69 Å². The van der Waals surface area contributed by atoms with E-state index in [1.807, 2.05) is 0 Å². The molecule has 0 radical (unpaired) electrons. The lowest BCUT2D eigenvalue weighted by Crippen LogP contribution is -2.33. The molecule has 16 heavy (non-hydrogen) atoms. The molecule has 0 unspecified atom stereocenters. The Bertz CT molecular complexity index is 329. The number of benzene rings is 1. The smallest absolute Gasteiger partial charge is 0.0472 e. The fraction of sp³-hybridized carbons (Fsp3) is 0.467. The Hall–Kier alpha value is -1.24. The van der Waals surface area contributed by atoms with Crippen LogP contribution in [0.25, 0.3) is 0 Å². The Labute approximate surface area is 98.8 Å². The second-order valence-electron chi connectivity index (χ2n) is 4.47. The molecule has 1 heteroatoms. The van der Waals surface area contributed by atoms with Gasteiger partial charge in [0.05, 0.1) is 0 Å². The van der Waals surface area contributed by atoms with Crippen molar-refractivity contribution in [1.29, 1.82) is 0 Å². The first kappa shape index (κ1) is 11.3. The van der Waals surface area contributed by atoms with E-state index in [1.165, 1.54) is 37.9 Å². The van der Waals surface area contributed by atoms with Gasteiger partial charge < -0.3 is 4.90 Å². The van der Waals surface area contributed by atoms with Gasteiger partial charge in [-0.3, -0.25) is 0 Å². The number of nitrogens with zero attached hydrogens (tertiary/aromatic N) is 1. The zero-order valence-corrected chi connectivity index (χ0v) is 10.1. The molecule has 0 aliphatic carbocycles. The van der Waals surface area contributed by atoms with Gasteiger partial charge in [0.15, 0.2) is 0 Å². The summed E-state index contributed by atoms with van der Waals surface area (Å²) in [6.07, 6.45) is 9.88. The maximum atomic E-state index is 2.55. The minimum absolute atomic E-state index is 0.592. The third-order valence-electron chi connectivity index (χ3n) is 3.30. The summed E-state index contributed by atoms with van der Waals surface area (Å²) in [6, 6.07) is 11.4. The lowest BCUT2D eigenvalue weighted by Gasteiger charge is -2.30. The van der Waals surface area contributed by atoms with Crippen LogP contribution in [0.1, 0.15) is 32.6 Å².